The zero-order valence-electron chi connectivity index (χ0n) is 10.1. The monoisotopic (exact) mass is 220 g/mol. The van der Waals surface area contributed by atoms with Crippen molar-refractivity contribution >= 4 is 5.69 Å². The minimum Gasteiger partial charge on any atom is -0.377 e. The molecule has 0 aliphatic carbocycles. The summed E-state index contributed by atoms with van der Waals surface area (Å²) in [6, 6.07) is 9.06. The van der Waals surface area contributed by atoms with Gasteiger partial charge >= 0.3 is 0 Å². The summed E-state index contributed by atoms with van der Waals surface area (Å²) in [4.78, 5) is 2.44. The van der Waals surface area contributed by atoms with Crippen LogP contribution in [0.15, 0.2) is 24.3 Å². The molecule has 1 atom stereocenters. The second kappa shape index (κ2) is 5.32. The number of hydrogen-bond acceptors (Lipinski definition) is 3. The average molecular weight is 220 g/mol. The van der Waals surface area contributed by atoms with E-state index in [1.54, 1.807) is 0 Å². The predicted molar refractivity (Wildman–Crippen MR) is 66.8 cm³/mol. The second-order valence-electron chi connectivity index (χ2n) is 4.28. The van der Waals surface area contributed by atoms with E-state index in [4.69, 9.17) is 4.74 Å². The Morgan fingerprint density at radius 1 is 1.44 bits per heavy atom. The maximum atomic E-state index is 5.48. The van der Waals surface area contributed by atoms with Crippen LogP contribution in [0.5, 0.6) is 0 Å². The van der Waals surface area contributed by atoms with E-state index < -0.39 is 0 Å². The van der Waals surface area contributed by atoms with Gasteiger partial charge in [-0.05, 0) is 25.6 Å². The number of hydrogen-bond donors (Lipinski definition) is 1. The van der Waals surface area contributed by atoms with Gasteiger partial charge in [-0.3, -0.25) is 0 Å². The number of rotatable bonds is 3. The molecule has 2 rings (SSSR count). The lowest BCUT2D eigenvalue weighted by Gasteiger charge is -2.36. The van der Waals surface area contributed by atoms with Gasteiger partial charge in [-0.1, -0.05) is 18.2 Å². The molecule has 88 valence electrons. The molecule has 1 N–H and O–H groups in total. The van der Waals surface area contributed by atoms with Crippen LogP contribution in [0.4, 0.5) is 5.69 Å². The number of ether oxygens (including phenoxy) is 1. The fourth-order valence-corrected chi connectivity index (χ4v) is 2.22. The molecule has 3 nitrogen and oxygen atoms in total. The highest BCUT2D eigenvalue weighted by molar-refractivity contribution is 5.54. The standard InChI is InChI=1S/C13H20N2O/c1-11-10-16-8-7-15(11)13-6-4-3-5-12(13)9-14-2/h3-6,11,14H,7-10H2,1-2H3. The minimum atomic E-state index is 0.465. The van der Waals surface area contributed by atoms with Crippen LogP contribution >= 0.6 is 0 Å². The minimum absolute atomic E-state index is 0.465. The molecule has 1 saturated heterocycles. The molecular weight excluding hydrogens is 200 g/mol. The topological polar surface area (TPSA) is 24.5 Å². The Bertz CT molecular complexity index is 340. The summed E-state index contributed by atoms with van der Waals surface area (Å²) in [6.45, 7) is 5.78. The van der Waals surface area contributed by atoms with E-state index in [-0.39, 0.29) is 0 Å². The number of morpholine rings is 1. The van der Waals surface area contributed by atoms with Gasteiger partial charge < -0.3 is 15.0 Å². The molecule has 0 spiro atoms. The third kappa shape index (κ3) is 2.36. The van der Waals surface area contributed by atoms with Crippen LogP contribution in [0.2, 0.25) is 0 Å². The molecule has 1 aliphatic rings. The van der Waals surface area contributed by atoms with Crippen molar-refractivity contribution in [3.8, 4) is 0 Å². The van der Waals surface area contributed by atoms with Crippen molar-refractivity contribution in [3.05, 3.63) is 29.8 Å². The first-order valence-corrected chi connectivity index (χ1v) is 5.90. The lowest BCUT2D eigenvalue weighted by molar-refractivity contribution is 0.0988. The molecule has 0 amide bonds. The zero-order valence-corrected chi connectivity index (χ0v) is 10.1. The van der Waals surface area contributed by atoms with Crippen LogP contribution < -0.4 is 10.2 Å². The fourth-order valence-electron chi connectivity index (χ4n) is 2.22. The number of nitrogens with zero attached hydrogens (tertiary/aromatic N) is 1. The van der Waals surface area contributed by atoms with E-state index in [0.717, 1.165) is 26.3 Å². The molecule has 0 bridgehead atoms. The Hall–Kier alpha value is -1.06. The van der Waals surface area contributed by atoms with Crippen molar-refractivity contribution < 1.29 is 4.74 Å². The van der Waals surface area contributed by atoms with Gasteiger partial charge in [-0.2, -0.15) is 0 Å². The number of para-hydroxylation sites is 1. The number of nitrogens with one attached hydrogen (secondary N) is 1. The molecule has 0 radical (unpaired) electrons. The van der Waals surface area contributed by atoms with Crippen molar-refractivity contribution in [3.63, 3.8) is 0 Å². The number of anilines is 1. The van der Waals surface area contributed by atoms with E-state index >= 15 is 0 Å². The Morgan fingerprint density at radius 3 is 3.00 bits per heavy atom. The van der Waals surface area contributed by atoms with E-state index in [1.807, 2.05) is 7.05 Å². The first-order valence-electron chi connectivity index (χ1n) is 5.90. The largest absolute Gasteiger partial charge is 0.377 e. The van der Waals surface area contributed by atoms with Gasteiger partial charge in [0.2, 0.25) is 0 Å². The van der Waals surface area contributed by atoms with E-state index in [2.05, 4.69) is 41.4 Å². The highest BCUT2D eigenvalue weighted by atomic mass is 16.5. The van der Waals surface area contributed by atoms with E-state index in [0.29, 0.717) is 6.04 Å². The summed E-state index contributed by atoms with van der Waals surface area (Å²) in [5.41, 5.74) is 2.70. The smallest absolute Gasteiger partial charge is 0.0668 e. The van der Waals surface area contributed by atoms with Gasteiger partial charge in [0.05, 0.1) is 13.2 Å². The van der Waals surface area contributed by atoms with Crippen molar-refractivity contribution in [1.29, 1.82) is 0 Å². The molecule has 0 saturated carbocycles. The third-order valence-corrected chi connectivity index (χ3v) is 3.04. The molecule has 1 fully saturated rings. The number of benzene rings is 1. The Balaban J connectivity index is 2.23. The molecule has 1 aromatic rings. The highest BCUT2D eigenvalue weighted by Gasteiger charge is 2.20. The van der Waals surface area contributed by atoms with Gasteiger partial charge in [-0.15, -0.1) is 0 Å². The van der Waals surface area contributed by atoms with Crippen LogP contribution in [0.3, 0.4) is 0 Å². The SMILES string of the molecule is CNCc1ccccc1N1CCOCC1C. The van der Waals surface area contributed by atoms with Crippen molar-refractivity contribution in [2.45, 2.75) is 19.5 Å². The normalized spacial score (nSPS) is 21.1. The maximum absolute atomic E-state index is 5.48. The Labute approximate surface area is 97.4 Å². The van der Waals surface area contributed by atoms with Gasteiger partial charge in [-0.25, -0.2) is 0 Å². The van der Waals surface area contributed by atoms with Crippen LogP contribution in [0.25, 0.3) is 0 Å². The first-order chi connectivity index (χ1) is 7.83. The maximum Gasteiger partial charge on any atom is 0.0668 e. The molecule has 1 aliphatic heterocycles. The van der Waals surface area contributed by atoms with Gasteiger partial charge in [0, 0.05) is 24.8 Å². The van der Waals surface area contributed by atoms with Crippen LogP contribution in [-0.2, 0) is 11.3 Å². The Kier molecular flexibility index (Phi) is 3.80. The van der Waals surface area contributed by atoms with Crippen molar-refractivity contribution in [1.82, 2.24) is 5.32 Å². The highest BCUT2D eigenvalue weighted by Crippen LogP contribution is 2.23. The van der Waals surface area contributed by atoms with E-state index in [9.17, 15) is 0 Å². The molecule has 1 unspecified atom stereocenters. The summed E-state index contributed by atoms with van der Waals surface area (Å²) < 4.78 is 5.48. The molecule has 1 heterocycles. The second-order valence-corrected chi connectivity index (χ2v) is 4.28. The lowest BCUT2D eigenvalue weighted by Crippen LogP contribution is -2.44. The summed E-state index contributed by atoms with van der Waals surface area (Å²) in [6.07, 6.45) is 0. The van der Waals surface area contributed by atoms with Crippen LogP contribution in [0.1, 0.15) is 12.5 Å². The van der Waals surface area contributed by atoms with Crippen LogP contribution in [-0.4, -0.2) is 32.8 Å². The molecular formula is C13H20N2O. The fraction of sp³-hybridized carbons (Fsp3) is 0.538. The lowest BCUT2D eigenvalue weighted by atomic mass is 10.1. The van der Waals surface area contributed by atoms with Crippen molar-refractivity contribution in [2.75, 3.05) is 31.7 Å². The predicted octanol–water partition coefficient (Wildman–Crippen LogP) is 1.63. The van der Waals surface area contributed by atoms with Crippen molar-refractivity contribution in [2.24, 2.45) is 0 Å². The summed E-state index contributed by atoms with van der Waals surface area (Å²) in [7, 11) is 1.99. The zero-order chi connectivity index (χ0) is 11.4. The first kappa shape index (κ1) is 11.4. The van der Waals surface area contributed by atoms with E-state index in [1.165, 1.54) is 11.3 Å². The average Bonchev–Trinajstić information content (AvgIpc) is 2.31. The molecule has 3 heteroatoms. The Morgan fingerprint density at radius 2 is 2.25 bits per heavy atom. The van der Waals surface area contributed by atoms with Crippen LogP contribution in [0, 0.1) is 0 Å². The third-order valence-electron chi connectivity index (χ3n) is 3.04. The molecule has 0 aromatic heterocycles. The molecule has 16 heavy (non-hydrogen) atoms. The van der Waals surface area contributed by atoms with Gasteiger partial charge in [0.25, 0.3) is 0 Å². The summed E-state index contributed by atoms with van der Waals surface area (Å²) in [5.74, 6) is 0. The summed E-state index contributed by atoms with van der Waals surface area (Å²) >= 11 is 0. The van der Waals surface area contributed by atoms with Gasteiger partial charge in [0.1, 0.15) is 0 Å². The quantitative estimate of drug-likeness (QED) is 0.838. The summed E-state index contributed by atoms with van der Waals surface area (Å²) in [5, 5.41) is 3.22. The molecule has 1 aromatic carbocycles. The van der Waals surface area contributed by atoms with Gasteiger partial charge in [0.15, 0.2) is 0 Å².